The standard InChI is InChI=1S/C13H23N3O5/c1-13(2,3)21-12(20)14-8-6-10(17)16-9(11(18)19)5-4-7-15-16/h9,15H,4-8H2,1-3H3,(H,14,20)(H,18,19). The van der Waals surface area contributed by atoms with Gasteiger partial charge in [0.15, 0.2) is 0 Å². The second-order valence-corrected chi connectivity index (χ2v) is 5.85. The Hall–Kier alpha value is -1.83. The van der Waals surface area contributed by atoms with Crippen molar-refractivity contribution >= 4 is 18.0 Å². The Kier molecular flexibility index (Phi) is 5.95. The highest BCUT2D eigenvalue weighted by atomic mass is 16.6. The minimum Gasteiger partial charge on any atom is -0.480 e. The van der Waals surface area contributed by atoms with E-state index >= 15 is 0 Å². The summed E-state index contributed by atoms with van der Waals surface area (Å²) >= 11 is 0. The molecule has 0 saturated carbocycles. The molecule has 3 N–H and O–H groups in total. The number of nitrogens with zero attached hydrogens (tertiary/aromatic N) is 1. The summed E-state index contributed by atoms with van der Waals surface area (Å²) in [5.74, 6) is -1.39. The number of carboxylic acid groups (broad SMARTS) is 1. The number of amides is 2. The highest BCUT2D eigenvalue weighted by Crippen LogP contribution is 2.12. The van der Waals surface area contributed by atoms with Gasteiger partial charge in [-0.3, -0.25) is 9.80 Å². The maximum absolute atomic E-state index is 12.0. The Bertz CT molecular complexity index is 405. The minimum absolute atomic E-state index is 0.00994. The van der Waals surface area contributed by atoms with Crippen molar-refractivity contribution < 1.29 is 24.2 Å². The summed E-state index contributed by atoms with van der Waals surface area (Å²) in [6.07, 6.45) is 0.539. The van der Waals surface area contributed by atoms with Crippen LogP contribution in [0.25, 0.3) is 0 Å². The van der Waals surface area contributed by atoms with E-state index in [1.807, 2.05) is 0 Å². The number of hydrogen-bond acceptors (Lipinski definition) is 5. The Morgan fingerprint density at radius 1 is 1.38 bits per heavy atom. The van der Waals surface area contributed by atoms with Crippen molar-refractivity contribution in [3.63, 3.8) is 0 Å². The molecule has 8 nitrogen and oxygen atoms in total. The predicted octanol–water partition coefficient (Wildman–Crippen LogP) is 0.481. The molecular weight excluding hydrogens is 278 g/mol. The first-order chi connectivity index (χ1) is 9.70. The van der Waals surface area contributed by atoms with Gasteiger partial charge < -0.3 is 15.2 Å². The van der Waals surface area contributed by atoms with E-state index < -0.39 is 23.7 Å². The van der Waals surface area contributed by atoms with E-state index in [2.05, 4.69) is 10.7 Å². The normalized spacial score (nSPS) is 19.0. The van der Waals surface area contributed by atoms with Gasteiger partial charge in [0.1, 0.15) is 11.6 Å². The molecule has 8 heteroatoms. The molecule has 2 amide bonds. The molecule has 0 aromatic heterocycles. The van der Waals surface area contributed by atoms with Crippen molar-refractivity contribution in [2.45, 2.75) is 51.7 Å². The van der Waals surface area contributed by atoms with E-state index in [0.717, 1.165) is 5.01 Å². The van der Waals surface area contributed by atoms with Crippen LogP contribution in [0, 0.1) is 0 Å². The SMILES string of the molecule is CC(C)(C)OC(=O)NCCC(=O)N1NCCCC1C(=O)O. The van der Waals surface area contributed by atoms with Crippen molar-refractivity contribution in [1.82, 2.24) is 15.8 Å². The van der Waals surface area contributed by atoms with Gasteiger partial charge >= 0.3 is 12.1 Å². The monoisotopic (exact) mass is 301 g/mol. The summed E-state index contributed by atoms with van der Waals surface area (Å²) in [6.45, 7) is 5.89. The third kappa shape index (κ3) is 5.99. The summed E-state index contributed by atoms with van der Waals surface area (Å²) in [4.78, 5) is 34.5. The number of hydrogen-bond donors (Lipinski definition) is 3. The third-order valence-corrected chi connectivity index (χ3v) is 2.81. The maximum Gasteiger partial charge on any atom is 0.407 e. The van der Waals surface area contributed by atoms with Crippen LogP contribution < -0.4 is 10.7 Å². The Morgan fingerprint density at radius 2 is 2.05 bits per heavy atom. The summed E-state index contributed by atoms with van der Waals surface area (Å²) in [5.41, 5.74) is 2.19. The van der Waals surface area contributed by atoms with Crippen molar-refractivity contribution in [2.75, 3.05) is 13.1 Å². The number of hydrazine groups is 1. The van der Waals surface area contributed by atoms with Gasteiger partial charge in [-0.2, -0.15) is 0 Å². The lowest BCUT2D eigenvalue weighted by Crippen LogP contribution is -2.56. The van der Waals surface area contributed by atoms with Crippen LogP contribution >= 0.6 is 0 Å². The number of ether oxygens (including phenoxy) is 1. The molecule has 1 fully saturated rings. The van der Waals surface area contributed by atoms with Gasteiger partial charge in [0.05, 0.1) is 0 Å². The molecule has 1 aliphatic rings. The molecule has 0 aromatic carbocycles. The molecule has 1 atom stereocenters. The van der Waals surface area contributed by atoms with E-state index in [1.54, 1.807) is 20.8 Å². The number of aliphatic carboxylic acids is 1. The topological polar surface area (TPSA) is 108 Å². The summed E-state index contributed by atoms with van der Waals surface area (Å²) < 4.78 is 5.04. The van der Waals surface area contributed by atoms with Crippen molar-refractivity contribution in [3.05, 3.63) is 0 Å². The van der Waals surface area contributed by atoms with E-state index in [0.29, 0.717) is 19.4 Å². The molecule has 0 radical (unpaired) electrons. The molecular formula is C13H23N3O5. The zero-order valence-corrected chi connectivity index (χ0v) is 12.6. The van der Waals surface area contributed by atoms with E-state index in [1.165, 1.54) is 0 Å². The van der Waals surface area contributed by atoms with E-state index in [-0.39, 0.29) is 18.9 Å². The van der Waals surface area contributed by atoms with E-state index in [9.17, 15) is 14.4 Å². The highest BCUT2D eigenvalue weighted by molar-refractivity contribution is 5.83. The zero-order chi connectivity index (χ0) is 16.0. The number of carboxylic acids is 1. The van der Waals surface area contributed by atoms with Gasteiger partial charge in [0.2, 0.25) is 5.91 Å². The van der Waals surface area contributed by atoms with Crippen LogP contribution in [0.5, 0.6) is 0 Å². The number of rotatable bonds is 4. The van der Waals surface area contributed by atoms with Gasteiger partial charge in [-0.15, -0.1) is 0 Å². The quantitative estimate of drug-likeness (QED) is 0.697. The maximum atomic E-state index is 12.0. The molecule has 21 heavy (non-hydrogen) atoms. The Balaban J connectivity index is 2.39. The fourth-order valence-electron chi connectivity index (χ4n) is 1.94. The molecule has 1 unspecified atom stereocenters. The zero-order valence-electron chi connectivity index (χ0n) is 12.6. The first-order valence-corrected chi connectivity index (χ1v) is 6.96. The molecule has 120 valence electrons. The average molecular weight is 301 g/mol. The van der Waals surface area contributed by atoms with Gasteiger partial charge in [0.25, 0.3) is 0 Å². The van der Waals surface area contributed by atoms with Crippen LogP contribution in [0.2, 0.25) is 0 Å². The summed E-state index contributed by atoms with van der Waals surface area (Å²) in [5, 5.41) is 12.7. The number of alkyl carbamates (subject to hydrolysis) is 1. The van der Waals surface area contributed by atoms with Crippen molar-refractivity contribution in [2.24, 2.45) is 0 Å². The van der Waals surface area contributed by atoms with Crippen LogP contribution in [0.4, 0.5) is 4.79 Å². The van der Waals surface area contributed by atoms with Gasteiger partial charge in [-0.05, 0) is 33.6 Å². The molecule has 1 aliphatic heterocycles. The van der Waals surface area contributed by atoms with Crippen LogP contribution in [0.15, 0.2) is 0 Å². The lowest BCUT2D eigenvalue weighted by molar-refractivity contribution is -0.155. The van der Waals surface area contributed by atoms with Crippen molar-refractivity contribution in [1.29, 1.82) is 0 Å². The Morgan fingerprint density at radius 3 is 2.62 bits per heavy atom. The third-order valence-electron chi connectivity index (χ3n) is 2.81. The lowest BCUT2D eigenvalue weighted by Gasteiger charge is -2.33. The van der Waals surface area contributed by atoms with Gasteiger partial charge in [0, 0.05) is 19.5 Å². The number of nitrogens with one attached hydrogen (secondary N) is 2. The molecule has 0 bridgehead atoms. The smallest absolute Gasteiger partial charge is 0.407 e. The van der Waals surface area contributed by atoms with Crippen LogP contribution in [-0.4, -0.2) is 52.8 Å². The van der Waals surface area contributed by atoms with Gasteiger partial charge in [-0.25, -0.2) is 15.0 Å². The number of carbonyl (C=O) groups excluding carboxylic acids is 2. The molecule has 1 heterocycles. The largest absolute Gasteiger partial charge is 0.480 e. The van der Waals surface area contributed by atoms with Crippen LogP contribution in [0.1, 0.15) is 40.0 Å². The first kappa shape index (κ1) is 17.2. The molecule has 1 saturated heterocycles. The first-order valence-electron chi connectivity index (χ1n) is 6.96. The second-order valence-electron chi connectivity index (χ2n) is 5.85. The molecule has 0 spiro atoms. The number of carbonyl (C=O) groups is 3. The average Bonchev–Trinajstić information content (AvgIpc) is 2.36. The van der Waals surface area contributed by atoms with Gasteiger partial charge in [-0.1, -0.05) is 0 Å². The van der Waals surface area contributed by atoms with Crippen LogP contribution in [0.3, 0.4) is 0 Å². The van der Waals surface area contributed by atoms with Crippen LogP contribution in [-0.2, 0) is 14.3 Å². The van der Waals surface area contributed by atoms with Crippen molar-refractivity contribution in [3.8, 4) is 0 Å². The predicted molar refractivity (Wildman–Crippen MR) is 74.4 cm³/mol. The minimum atomic E-state index is -1.03. The summed E-state index contributed by atoms with van der Waals surface area (Å²) in [7, 11) is 0. The summed E-state index contributed by atoms with van der Waals surface area (Å²) in [6, 6.07) is -0.854. The molecule has 1 rings (SSSR count). The second kappa shape index (κ2) is 7.26. The highest BCUT2D eigenvalue weighted by Gasteiger charge is 2.31. The Labute approximate surface area is 123 Å². The molecule has 0 aromatic rings. The molecule has 0 aliphatic carbocycles. The lowest BCUT2D eigenvalue weighted by atomic mass is 10.1. The van der Waals surface area contributed by atoms with E-state index in [4.69, 9.17) is 9.84 Å². The fraction of sp³-hybridized carbons (Fsp3) is 0.769. The fourth-order valence-corrected chi connectivity index (χ4v) is 1.94.